The van der Waals surface area contributed by atoms with Gasteiger partial charge in [0.15, 0.2) is 0 Å². The number of hydrogen-bond donors (Lipinski definition) is 0. The fraction of sp³-hybridized carbons (Fsp3) is 1.00. The van der Waals surface area contributed by atoms with Gasteiger partial charge in [0.2, 0.25) is 0 Å². The minimum Gasteiger partial charge on any atom is -0.0654 e. The highest BCUT2D eigenvalue weighted by molar-refractivity contribution is 4.76. The smallest absolute Gasteiger partial charge is 0.0360 e. The molecule has 15 heavy (non-hydrogen) atoms. The van der Waals surface area contributed by atoms with Crippen LogP contribution in [-0.2, 0) is 0 Å². The van der Waals surface area contributed by atoms with Crippen LogP contribution in [0.1, 0.15) is 78.6 Å². The summed E-state index contributed by atoms with van der Waals surface area (Å²) in [6.07, 6.45) is 13.3. The van der Waals surface area contributed by atoms with Crippen molar-refractivity contribution in [3.63, 3.8) is 0 Å². The maximum absolute atomic E-state index is 2.48. The summed E-state index contributed by atoms with van der Waals surface area (Å²) in [5, 5.41) is 0. The Morgan fingerprint density at radius 1 is 1.00 bits per heavy atom. The molecule has 0 nitrogen and oxygen atoms in total. The van der Waals surface area contributed by atoms with Gasteiger partial charge in [-0.3, -0.25) is 0 Å². The zero-order valence-electron chi connectivity index (χ0n) is 11.1. The Morgan fingerprint density at radius 3 is 2.27 bits per heavy atom. The summed E-state index contributed by atoms with van der Waals surface area (Å²) < 4.78 is 0. The first-order chi connectivity index (χ1) is 7.29. The van der Waals surface area contributed by atoms with E-state index in [1.807, 2.05) is 0 Å². The minimum atomic E-state index is 0.958. The summed E-state index contributed by atoms with van der Waals surface area (Å²) in [7, 11) is 0. The molecule has 0 saturated heterocycles. The topological polar surface area (TPSA) is 0 Å². The van der Waals surface area contributed by atoms with Crippen LogP contribution in [0.2, 0.25) is 0 Å². The maximum atomic E-state index is 2.48. The summed E-state index contributed by atoms with van der Waals surface area (Å²) in [5.74, 6) is 3.04. The highest BCUT2D eigenvalue weighted by atomic mass is 14.3. The Balaban J connectivity index is 2.55. The Kier molecular flexibility index (Phi) is 6.36. The van der Waals surface area contributed by atoms with E-state index in [2.05, 4.69) is 20.8 Å². The molecule has 0 radical (unpaired) electrons. The fourth-order valence-electron chi connectivity index (χ4n) is 3.37. The molecule has 0 amide bonds. The highest BCUT2D eigenvalue weighted by Crippen LogP contribution is 2.36. The Morgan fingerprint density at radius 2 is 1.67 bits per heavy atom. The summed E-state index contributed by atoms with van der Waals surface area (Å²) in [4.78, 5) is 0. The van der Waals surface area contributed by atoms with Crippen molar-refractivity contribution in [3.05, 3.63) is 0 Å². The summed E-state index contributed by atoms with van der Waals surface area (Å²) in [6.45, 7) is 7.20. The van der Waals surface area contributed by atoms with Crippen LogP contribution < -0.4 is 0 Å². The normalized spacial score (nSPS) is 30.6. The zero-order valence-corrected chi connectivity index (χ0v) is 11.1. The molecule has 3 unspecified atom stereocenters. The van der Waals surface area contributed by atoms with Gasteiger partial charge in [0.25, 0.3) is 0 Å². The quantitative estimate of drug-likeness (QED) is 0.581. The van der Waals surface area contributed by atoms with E-state index in [-0.39, 0.29) is 0 Å². The van der Waals surface area contributed by atoms with E-state index in [0.717, 1.165) is 17.8 Å². The maximum Gasteiger partial charge on any atom is -0.0360 e. The molecule has 0 N–H and O–H groups in total. The van der Waals surface area contributed by atoms with Crippen molar-refractivity contribution in [2.45, 2.75) is 78.6 Å². The van der Waals surface area contributed by atoms with Crippen LogP contribution in [0.25, 0.3) is 0 Å². The van der Waals surface area contributed by atoms with Gasteiger partial charge in [-0.15, -0.1) is 0 Å². The highest BCUT2D eigenvalue weighted by Gasteiger charge is 2.25. The predicted molar refractivity (Wildman–Crippen MR) is 69.0 cm³/mol. The first kappa shape index (κ1) is 13.1. The van der Waals surface area contributed by atoms with Gasteiger partial charge >= 0.3 is 0 Å². The molecule has 0 aromatic rings. The van der Waals surface area contributed by atoms with Crippen molar-refractivity contribution in [2.75, 3.05) is 0 Å². The van der Waals surface area contributed by atoms with E-state index < -0.39 is 0 Å². The van der Waals surface area contributed by atoms with Crippen LogP contribution in [0.4, 0.5) is 0 Å². The van der Waals surface area contributed by atoms with E-state index in [1.54, 1.807) is 0 Å². The summed E-state index contributed by atoms with van der Waals surface area (Å²) in [5.41, 5.74) is 0. The Bertz CT molecular complexity index is 150. The molecule has 1 aliphatic carbocycles. The molecule has 0 aromatic heterocycles. The third-order valence-corrected chi connectivity index (χ3v) is 4.50. The molecule has 1 fully saturated rings. The Labute approximate surface area is 96.8 Å². The Hall–Kier alpha value is 0. The van der Waals surface area contributed by atoms with Crippen molar-refractivity contribution in [3.8, 4) is 0 Å². The van der Waals surface area contributed by atoms with Crippen molar-refractivity contribution in [1.29, 1.82) is 0 Å². The molecule has 0 heteroatoms. The second-order valence-electron chi connectivity index (χ2n) is 5.59. The molecule has 1 rings (SSSR count). The van der Waals surface area contributed by atoms with Crippen LogP contribution in [-0.4, -0.2) is 0 Å². The van der Waals surface area contributed by atoms with E-state index >= 15 is 0 Å². The van der Waals surface area contributed by atoms with Crippen LogP contribution >= 0.6 is 0 Å². The average molecular weight is 210 g/mol. The standard InChI is InChI=1S/C15H30/c1-4-10-14-11-8-6-7-9-12-15(14)13(3)5-2/h13-15H,4-12H2,1-3H3. The first-order valence-electron chi connectivity index (χ1n) is 7.29. The lowest BCUT2D eigenvalue weighted by Gasteiger charge is -2.33. The van der Waals surface area contributed by atoms with E-state index in [0.29, 0.717) is 0 Å². The lowest BCUT2D eigenvalue weighted by Crippen LogP contribution is -2.23. The zero-order chi connectivity index (χ0) is 11.1. The molecule has 0 spiro atoms. The molecule has 1 aliphatic rings. The molecule has 1 saturated carbocycles. The average Bonchev–Trinajstić information content (AvgIpc) is 2.22. The van der Waals surface area contributed by atoms with Gasteiger partial charge in [0.1, 0.15) is 0 Å². The van der Waals surface area contributed by atoms with Crippen LogP contribution in [0.15, 0.2) is 0 Å². The fourth-order valence-corrected chi connectivity index (χ4v) is 3.37. The van der Waals surface area contributed by atoms with Gasteiger partial charge in [0, 0.05) is 0 Å². The van der Waals surface area contributed by atoms with E-state index in [4.69, 9.17) is 0 Å². The summed E-state index contributed by atoms with van der Waals surface area (Å²) >= 11 is 0. The molecule has 0 heterocycles. The third kappa shape index (κ3) is 4.17. The molecule has 0 aromatic carbocycles. The van der Waals surface area contributed by atoms with Gasteiger partial charge in [0.05, 0.1) is 0 Å². The third-order valence-electron chi connectivity index (χ3n) is 4.50. The van der Waals surface area contributed by atoms with Gasteiger partial charge in [-0.25, -0.2) is 0 Å². The van der Waals surface area contributed by atoms with E-state index in [9.17, 15) is 0 Å². The van der Waals surface area contributed by atoms with Crippen LogP contribution in [0, 0.1) is 17.8 Å². The SMILES string of the molecule is CCCC1CCCCCCC1C(C)CC. The molecule has 3 atom stereocenters. The molecule has 0 bridgehead atoms. The number of rotatable bonds is 4. The monoisotopic (exact) mass is 210 g/mol. The number of hydrogen-bond acceptors (Lipinski definition) is 0. The second-order valence-corrected chi connectivity index (χ2v) is 5.59. The molecular weight excluding hydrogens is 180 g/mol. The second kappa shape index (κ2) is 7.30. The van der Waals surface area contributed by atoms with Crippen molar-refractivity contribution in [2.24, 2.45) is 17.8 Å². The predicted octanol–water partition coefficient (Wildman–Crippen LogP) is 5.42. The lowest BCUT2D eigenvalue weighted by molar-refractivity contribution is 0.176. The van der Waals surface area contributed by atoms with Gasteiger partial charge in [-0.1, -0.05) is 72.1 Å². The molecular formula is C15H30. The van der Waals surface area contributed by atoms with E-state index in [1.165, 1.54) is 57.8 Å². The van der Waals surface area contributed by atoms with Crippen molar-refractivity contribution < 1.29 is 0 Å². The summed E-state index contributed by atoms with van der Waals surface area (Å²) in [6, 6.07) is 0. The van der Waals surface area contributed by atoms with Gasteiger partial charge in [-0.05, 0) is 24.2 Å². The van der Waals surface area contributed by atoms with Crippen molar-refractivity contribution in [1.82, 2.24) is 0 Å². The van der Waals surface area contributed by atoms with Crippen LogP contribution in [0.3, 0.4) is 0 Å². The van der Waals surface area contributed by atoms with Gasteiger partial charge in [-0.2, -0.15) is 0 Å². The lowest BCUT2D eigenvalue weighted by atomic mass is 9.72. The molecule has 0 aliphatic heterocycles. The van der Waals surface area contributed by atoms with Crippen LogP contribution in [0.5, 0.6) is 0 Å². The molecule has 90 valence electrons. The first-order valence-corrected chi connectivity index (χ1v) is 7.29. The van der Waals surface area contributed by atoms with Gasteiger partial charge < -0.3 is 0 Å². The largest absolute Gasteiger partial charge is 0.0654 e. The van der Waals surface area contributed by atoms with Crippen molar-refractivity contribution >= 4 is 0 Å². The minimum absolute atomic E-state index is 0.958.